The van der Waals surface area contributed by atoms with Crippen molar-refractivity contribution in [3.05, 3.63) is 212 Å². The molecule has 0 atom stereocenters. The van der Waals surface area contributed by atoms with Gasteiger partial charge in [0.2, 0.25) is 0 Å². The smallest absolute Gasteiger partial charge is 0.126 e. The summed E-state index contributed by atoms with van der Waals surface area (Å²) in [7, 11) is 0. The standard InChI is InChI=1S/C88H100N4O4/c1-5-9-13-17-21-25-45-93-85-77-49-73(69-37-29-65(61-89)30-38-69)50-78(85)58-80-52-75(71-41-33-67(63-91)34-42-71)54-82(87(80)95-47-27-23-19-15-11-7-3)60-84-56-76(72-43-35-68(64-92)36-44-72)55-83(88(84)96-48-28-24-20-16-12-8-4)59-81-53-74(70-39-31-66(62-90)32-40-70)51-79(57-77)86(81)94-46-26-22-18-14-10-6-2/h29-44,49-56H,5-28,45-48,57-60H2,1-4H3. The van der Waals surface area contributed by atoms with Gasteiger partial charge in [0, 0.05) is 25.7 Å². The second-order valence-electron chi connectivity index (χ2n) is 26.4. The number of nitrogens with zero attached hydrogens (tertiary/aromatic N) is 4. The van der Waals surface area contributed by atoms with Crippen LogP contribution in [0.15, 0.2) is 146 Å². The average molecular weight is 1280 g/mol. The molecule has 0 N–H and O–H groups in total. The van der Waals surface area contributed by atoms with Gasteiger partial charge in [-0.3, -0.25) is 0 Å². The van der Waals surface area contributed by atoms with E-state index < -0.39 is 0 Å². The molecule has 8 aromatic rings. The highest BCUT2D eigenvalue weighted by atomic mass is 16.5. The van der Waals surface area contributed by atoms with Crippen molar-refractivity contribution in [2.45, 2.75) is 207 Å². The van der Waals surface area contributed by atoms with Gasteiger partial charge in [0.05, 0.1) is 73.0 Å². The molecule has 1 aliphatic carbocycles. The third-order valence-corrected chi connectivity index (χ3v) is 18.9. The van der Waals surface area contributed by atoms with Crippen LogP contribution in [0.4, 0.5) is 0 Å². The van der Waals surface area contributed by atoms with Crippen LogP contribution in [-0.2, 0) is 25.7 Å². The van der Waals surface area contributed by atoms with Crippen LogP contribution in [0.5, 0.6) is 23.0 Å². The fraction of sp³-hybridized carbons (Fsp3) is 0.409. The number of benzene rings is 8. The van der Waals surface area contributed by atoms with Gasteiger partial charge in [0.15, 0.2) is 0 Å². The Morgan fingerprint density at radius 3 is 0.562 bits per heavy atom. The van der Waals surface area contributed by atoms with Crippen molar-refractivity contribution in [2.24, 2.45) is 0 Å². The Kier molecular flexibility index (Phi) is 28.5. The normalized spacial score (nSPS) is 11.7. The minimum absolute atomic E-state index is 0.474. The Morgan fingerprint density at radius 2 is 0.396 bits per heavy atom. The molecule has 1 aliphatic rings. The minimum Gasteiger partial charge on any atom is -0.493 e. The Labute approximate surface area is 574 Å². The molecule has 9 rings (SSSR count). The van der Waals surface area contributed by atoms with Crippen LogP contribution < -0.4 is 18.9 Å². The van der Waals surface area contributed by atoms with Gasteiger partial charge in [0.25, 0.3) is 0 Å². The van der Waals surface area contributed by atoms with Crippen LogP contribution in [0.1, 0.15) is 249 Å². The Bertz CT molecular complexity index is 3320. The molecule has 0 heterocycles. The number of ether oxygens (including phenoxy) is 4. The molecule has 8 aromatic carbocycles. The summed E-state index contributed by atoms with van der Waals surface area (Å²) < 4.78 is 29.7. The van der Waals surface area contributed by atoms with Crippen molar-refractivity contribution < 1.29 is 18.9 Å². The maximum Gasteiger partial charge on any atom is 0.126 e. The summed E-state index contributed by atoms with van der Waals surface area (Å²) in [5, 5.41) is 40.3. The first-order chi connectivity index (χ1) is 47.3. The maximum absolute atomic E-state index is 10.1. The van der Waals surface area contributed by atoms with Gasteiger partial charge in [-0.05, 0) is 212 Å². The summed E-state index contributed by atoms with van der Waals surface area (Å²) in [5.74, 6) is 3.43. The molecule has 0 saturated heterocycles. The van der Waals surface area contributed by atoms with Crippen molar-refractivity contribution in [1.82, 2.24) is 0 Å². The first-order valence-electron chi connectivity index (χ1n) is 36.4. The molecule has 8 heteroatoms. The number of nitriles is 4. The zero-order valence-electron chi connectivity index (χ0n) is 57.9. The lowest BCUT2D eigenvalue weighted by atomic mass is 9.86. The predicted molar refractivity (Wildman–Crippen MR) is 393 cm³/mol. The summed E-state index contributed by atoms with van der Waals surface area (Å²) in [6, 6.07) is 59.7. The molecular weight excluding hydrogens is 1180 g/mol. The number of unbranched alkanes of at least 4 members (excludes halogenated alkanes) is 20. The summed E-state index contributed by atoms with van der Waals surface area (Å²) in [4.78, 5) is 0. The van der Waals surface area contributed by atoms with E-state index in [0.717, 1.165) is 189 Å². The van der Waals surface area contributed by atoms with E-state index in [4.69, 9.17) is 18.9 Å². The summed E-state index contributed by atoms with van der Waals surface area (Å²) in [6.07, 6.45) is 29.0. The Hall–Kier alpha value is -9.08. The van der Waals surface area contributed by atoms with Crippen LogP contribution in [0.2, 0.25) is 0 Å². The molecular formula is C88H100N4O4. The summed E-state index contributed by atoms with van der Waals surface area (Å²) in [6.45, 7) is 11.3. The maximum atomic E-state index is 10.1. The van der Waals surface area contributed by atoms with E-state index in [1.807, 2.05) is 48.5 Å². The van der Waals surface area contributed by atoms with E-state index in [9.17, 15) is 21.0 Å². The lowest BCUT2D eigenvalue weighted by molar-refractivity contribution is 0.293. The molecule has 0 aromatic heterocycles. The monoisotopic (exact) mass is 1280 g/mol. The van der Waals surface area contributed by atoms with Gasteiger partial charge in [-0.25, -0.2) is 0 Å². The zero-order valence-corrected chi connectivity index (χ0v) is 57.9. The van der Waals surface area contributed by atoms with Crippen LogP contribution in [0.3, 0.4) is 0 Å². The lowest BCUT2D eigenvalue weighted by Crippen LogP contribution is -2.11. The quantitative estimate of drug-likeness (QED) is 0.0355. The lowest BCUT2D eigenvalue weighted by Gasteiger charge is -2.25. The topological polar surface area (TPSA) is 132 Å². The average Bonchev–Trinajstić information content (AvgIpc) is 0.778. The molecule has 496 valence electrons. The molecule has 0 aliphatic heterocycles. The molecule has 0 saturated carbocycles. The van der Waals surface area contributed by atoms with Crippen molar-refractivity contribution in [2.75, 3.05) is 26.4 Å². The van der Waals surface area contributed by atoms with Gasteiger partial charge in [-0.15, -0.1) is 0 Å². The van der Waals surface area contributed by atoms with Crippen LogP contribution in [-0.4, -0.2) is 26.4 Å². The van der Waals surface area contributed by atoms with Gasteiger partial charge in [0.1, 0.15) is 23.0 Å². The molecule has 0 spiro atoms. The minimum atomic E-state index is 0.474. The largest absolute Gasteiger partial charge is 0.493 e. The second-order valence-corrected chi connectivity index (χ2v) is 26.4. The highest BCUT2D eigenvalue weighted by molar-refractivity contribution is 5.75. The summed E-state index contributed by atoms with van der Waals surface area (Å²) in [5.41, 5.74) is 18.7. The third kappa shape index (κ3) is 20.5. The van der Waals surface area contributed by atoms with Gasteiger partial charge >= 0.3 is 0 Å². The highest BCUT2D eigenvalue weighted by Crippen LogP contribution is 2.45. The number of rotatable bonds is 36. The molecule has 0 fully saturated rings. The van der Waals surface area contributed by atoms with Crippen LogP contribution >= 0.6 is 0 Å². The number of fused-ring (bicyclic) bond motifs is 8. The molecule has 0 amide bonds. The van der Waals surface area contributed by atoms with Crippen LogP contribution in [0, 0.1) is 45.3 Å². The van der Waals surface area contributed by atoms with Crippen LogP contribution in [0.25, 0.3) is 44.5 Å². The predicted octanol–water partition coefficient (Wildman–Crippen LogP) is 23.5. The highest BCUT2D eigenvalue weighted by Gasteiger charge is 2.26. The fourth-order valence-electron chi connectivity index (χ4n) is 13.5. The zero-order chi connectivity index (χ0) is 67.1. The Balaban J connectivity index is 1.36. The van der Waals surface area contributed by atoms with E-state index >= 15 is 0 Å². The Morgan fingerprint density at radius 1 is 0.229 bits per heavy atom. The number of hydrogen-bond acceptors (Lipinski definition) is 8. The first-order valence-corrected chi connectivity index (χ1v) is 36.4. The van der Waals surface area contributed by atoms with Gasteiger partial charge < -0.3 is 18.9 Å². The SMILES string of the molecule is CCCCCCCCOc1c2cc(-c3ccc(C#N)cc3)cc1Cc1cc(-c3ccc(C#N)cc3)cc(c1OCCCCCCCC)Cc1cc(-c3ccc(C#N)cc3)cc(c1OCCCCCCCC)Cc1cc(-c3ccc(C#N)cc3)cc(c1OCCCCCCCC)C2. The fourth-order valence-corrected chi connectivity index (χ4v) is 13.5. The van der Waals surface area contributed by atoms with Crippen molar-refractivity contribution in [3.63, 3.8) is 0 Å². The van der Waals surface area contributed by atoms with Crippen molar-refractivity contribution in [3.8, 4) is 91.8 Å². The van der Waals surface area contributed by atoms with E-state index in [0.29, 0.717) is 74.4 Å². The summed E-state index contributed by atoms with van der Waals surface area (Å²) >= 11 is 0. The molecule has 8 bridgehead atoms. The van der Waals surface area contributed by atoms with E-state index in [1.54, 1.807) is 0 Å². The van der Waals surface area contributed by atoms with E-state index in [2.05, 4.69) is 149 Å². The van der Waals surface area contributed by atoms with Gasteiger partial charge in [-0.1, -0.05) is 205 Å². The molecule has 8 nitrogen and oxygen atoms in total. The molecule has 0 unspecified atom stereocenters. The van der Waals surface area contributed by atoms with E-state index in [-0.39, 0.29) is 0 Å². The van der Waals surface area contributed by atoms with Crippen molar-refractivity contribution >= 4 is 0 Å². The number of hydrogen-bond donors (Lipinski definition) is 0. The first kappa shape index (κ1) is 71.2. The second kappa shape index (κ2) is 38.5. The van der Waals surface area contributed by atoms with Crippen molar-refractivity contribution in [1.29, 1.82) is 21.0 Å². The van der Waals surface area contributed by atoms with E-state index in [1.165, 1.54) is 77.0 Å². The third-order valence-electron chi connectivity index (χ3n) is 18.9. The van der Waals surface area contributed by atoms with Gasteiger partial charge in [-0.2, -0.15) is 21.0 Å². The molecule has 96 heavy (non-hydrogen) atoms. The molecule has 0 radical (unpaired) electrons.